The van der Waals surface area contributed by atoms with E-state index in [2.05, 4.69) is 6.92 Å². The fourth-order valence-electron chi connectivity index (χ4n) is 2.00. The monoisotopic (exact) mass is 216 g/mol. The largest absolute Gasteiger partial charge is 0.424 e. The number of hydrogen-bond donors (Lipinski definition) is 0. The number of rotatable bonds is 2. The van der Waals surface area contributed by atoms with Gasteiger partial charge in [0.05, 0.1) is 11.5 Å². The van der Waals surface area contributed by atoms with Crippen molar-refractivity contribution in [2.75, 3.05) is 0 Å². The number of fused-ring (bicyclic) bond motifs is 1. The summed E-state index contributed by atoms with van der Waals surface area (Å²) in [5.74, 6) is 0.649. The molecule has 0 unspecified atom stereocenters. The van der Waals surface area contributed by atoms with Gasteiger partial charge in [0.2, 0.25) is 0 Å². The zero-order chi connectivity index (χ0) is 11.1. The normalized spacial score (nSPS) is 23.6. The van der Waals surface area contributed by atoms with Crippen LogP contribution in [0, 0.1) is 0 Å². The Labute approximate surface area is 92.6 Å². The van der Waals surface area contributed by atoms with E-state index in [-0.39, 0.29) is 17.8 Å². The van der Waals surface area contributed by atoms with Crippen LogP contribution >= 0.6 is 0 Å². The first-order chi connectivity index (χ1) is 7.79. The van der Waals surface area contributed by atoms with Crippen molar-refractivity contribution in [2.24, 2.45) is 0 Å². The molecule has 1 fully saturated rings. The number of benzene rings is 1. The second-order valence-corrected chi connectivity index (χ2v) is 4.03. The highest BCUT2D eigenvalue weighted by Crippen LogP contribution is 2.40. The van der Waals surface area contributed by atoms with E-state index in [1.54, 1.807) is 6.07 Å². The van der Waals surface area contributed by atoms with Crippen molar-refractivity contribution >= 4 is 10.8 Å². The molecule has 3 nitrogen and oxygen atoms in total. The molecule has 0 amide bonds. The fraction of sp³-hybridized carbons (Fsp3) is 0.308. The Hall–Kier alpha value is -1.61. The number of hydrogen-bond acceptors (Lipinski definition) is 3. The standard InChI is InChI=1S/C13H12O3/c1-2-10-12(15-10)11-7-8-5-3-4-6-9(8)13(14)16-11/h3-7,10,12H,2H2,1H3/t10-,12+/m1/s1. The molecule has 0 N–H and O–H groups in total. The molecule has 1 saturated heterocycles. The summed E-state index contributed by atoms with van der Waals surface area (Å²) in [5, 5.41) is 1.54. The molecule has 1 aliphatic heterocycles. The maximum absolute atomic E-state index is 11.7. The van der Waals surface area contributed by atoms with Gasteiger partial charge < -0.3 is 9.15 Å². The summed E-state index contributed by atoms with van der Waals surface area (Å²) in [6, 6.07) is 9.34. The van der Waals surface area contributed by atoms with Crippen LogP contribution in [0.5, 0.6) is 0 Å². The van der Waals surface area contributed by atoms with Crippen molar-refractivity contribution in [2.45, 2.75) is 25.6 Å². The van der Waals surface area contributed by atoms with Gasteiger partial charge in [-0.15, -0.1) is 0 Å². The average Bonchev–Trinajstić information content (AvgIpc) is 3.08. The maximum Gasteiger partial charge on any atom is 0.343 e. The molecule has 3 rings (SSSR count). The minimum absolute atomic E-state index is 0.0256. The van der Waals surface area contributed by atoms with E-state index in [4.69, 9.17) is 9.15 Å². The highest BCUT2D eigenvalue weighted by molar-refractivity contribution is 5.81. The smallest absolute Gasteiger partial charge is 0.343 e. The van der Waals surface area contributed by atoms with Gasteiger partial charge >= 0.3 is 5.63 Å². The lowest BCUT2D eigenvalue weighted by molar-refractivity contribution is 0.337. The highest BCUT2D eigenvalue weighted by Gasteiger charge is 2.40. The maximum atomic E-state index is 11.7. The predicted octanol–water partition coefficient (Wildman–Crippen LogP) is 2.64. The first kappa shape index (κ1) is 9.60. The second-order valence-electron chi connectivity index (χ2n) is 4.03. The quantitative estimate of drug-likeness (QED) is 0.725. The summed E-state index contributed by atoms with van der Waals surface area (Å²) in [7, 11) is 0. The lowest BCUT2D eigenvalue weighted by Gasteiger charge is -1.98. The minimum Gasteiger partial charge on any atom is -0.424 e. The fourth-order valence-corrected chi connectivity index (χ4v) is 2.00. The van der Waals surface area contributed by atoms with Crippen LogP contribution in [0.2, 0.25) is 0 Å². The zero-order valence-electron chi connectivity index (χ0n) is 8.97. The Kier molecular flexibility index (Phi) is 2.07. The Morgan fingerprint density at radius 2 is 2.12 bits per heavy atom. The van der Waals surface area contributed by atoms with Crippen LogP contribution in [0.3, 0.4) is 0 Å². The molecule has 0 radical (unpaired) electrons. The van der Waals surface area contributed by atoms with Crippen LogP contribution in [0.4, 0.5) is 0 Å². The van der Waals surface area contributed by atoms with Crippen LogP contribution < -0.4 is 5.63 Å². The van der Waals surface area contributed by atoms with Gasteiger partial charge in [-0.25, -0.2) is 4.79 Å². The molecule has 1 aromatic carbocycles. The summed E-state index contributed by atoms with van der Waals surface area (Å²) in [6.45, 7) is 2.06. The minimum atomic E-state index is -0.279. The van der Waals surface area contributed by atoms with Gasteiger partial charge in [-0.05, 0) is 23.9 Å². The summed E-state index contributed by atoms with van der Waals surface area (Å²) in [6.07, 6.45) is 1.13. The number of ether oxygens (including phenoxy) is 1. The lowest BCUT2D eigenvalue weighted by atomic mass is 10.1. The average molecular weight is 216 g/mol. The van der Waals surface area contributed by atoms with Gasteiger partial charge in [0.15, 0.2) is 0 Å². The van der Waals surface area contributed by atoms with Gasteiger partial charge in [-0.2, -0.15) is 0 Å². The van der Waals surface area contributed by atoms with Crippen molar-refractivity contribution < 1.29 is 9.15 Å². The van der Waals surface area contributed by atoms with Gasteiger partial charge in [0.25, 0.3) is 0 Å². The van der Waals surface area contributed by atoms with E-state index in [0.29, 0.717) is 11.1 Å². The van der Waals surface area contributed by atoms with Crippen molar-refractivity contribution in [3.63, 3.8) is 0 Å². The highest BCUT2D eigenvalue weighted by atomic mass is 16.6. The van der Waals surface area contributed by atoms with Gasteiger partial charge in [0, 0.05) is 0 Å². The summed E-state index contributed by atoms with van der Waals surface area (Å²) >= 11 is 0. The molecule has 0 aliphatic carbocycles. The molecule has 1 aromatic heterocycles. The first-order valence-electron chi connectivity index (χ1n) is 5.48. The Morgan fingerprint density at radius 1 is 1.31 bits per heavy atom. The van der Waals surface area contributed by atoms with E-state index in [1.165, 1.54) is 0 Å². The van der Waals surface area contributed by atoms with E-state index in [1.807, 2.05) is 24.3 Å². The Bertz CT molecular complexity index is 585. The summed E-state index contributed by atoms with van der Waals surface area (Å²) in [5.41, 5.74) is -0.279. The molecular weight excluding hydrogens is 204 g/mol. The van der Waals surface area contributed by atoms with Gasteiger partial charge in [-0.3, -0.25) is 0 Å². The van der Waals surface area contributed by atoms with Crippen molar-refractivity contribution in [3.8, 4) is 0 Å². The van der Waals surface area contributed by atoms with E-state index in [0.717, 1.165) is 11.8 Å². The molecule has 2 aromatic rings. The van der Waals surface area contributed by atoms with Crippen LogP contribution in [0.25, 0.3) is 10.8 Å². The molecule has 0 bridgehead atoms. The SMILES string of the molecule is CC[C@H]1O[C@@H]1c1cc2ccccc2c(=O)o1. The molecule has 82 valence electrons. The first-order valence-corrected chi connectivity index (χ1v) is 5.48. The van der Waals surface area contributed by atoms with Crippen LogP contribution in [-0.2, 0) is 4.74 Å². The molecule has 3 heteroatoms. The lowest BCUT2D eigenvalue weighted by Crippen LogP contribution is -2.02. The van der Waals surface area contributed by atoms with Crippen LogP contribution in [0.15, 0.2) is 39.5 Å². The van der Waals surface area contributed by atoms with Crippen molar-refractivity contribution in [1.82, 2.24) is 0 Å². The molecule has 1 aliphatic rings. The summed E-state index contributed by atoms with van der Waals surface area (Å²) < 4.78 is 10.7. The van der Waals surface area contributed by atoms with E-state index in [9.17, 15) is 4.79 Å². The number of epoxide rings is 1. The van der Waals surface area contributed by atoms with Crippen LogP contribution in [-0.4, -0.2) is 6.10 Å². The molecule has 2 heterocycles. The molecule has 0 spiro atoms. The molecule has 0 saturated carbocycles. The Morgan fingerprint density at radius 3 is 2.88 bits per heavy atom. The zero-order valence-corrected chi connectivity index (χ0v) is 8.97. The van der Waals surface area contributed by atoms with Crippen molar-refractivity contribution in [1.29, 1.82) is 0 Å². The van der Waals surface area contributed by atoms with E-state index >= 15 is 0 Å². The summed E-state index contributed by atoms with van der Waals surface area (Å²) in [4.78, 5) is 11.7. The molecule has 16 heavy (non-hydrogen) atoms. The third-order valence-corrected chi connectivity index (χ3v) is 2.95. The van der Waals surface area contributed by atoms with E-state index < -0.39 is 0 Å². The molecule has 2 atom stereocenters. The van der Waals surface area contributed by atoms with Gasteiger partial charge in [-0.1, -0.05) is 25.1 Å². The Balaban J connectivity index is 2.12. The van der Waals surface area contributed by atoms with Crippen LogP contribution in [0.1, 0.15) is 25.2 Å². The molecular formula is C13H12O3. The topological polar surface area (TPSA) is 42.7 Å². The van der Waals surface area contributed by atoms with Crippen molar-refractivity contribution in [3.05, 3.63) is 46.5 Å². The third kappa shape index (κ3) is 1.44. The predicted molar refractivity (Wildman–Crippen MR) is 60.4 cm³/mol. The second kappa shape index (κ2) is 3.46. The van der Waals surface area contributed by atoms with Gasteiger partial charge in [0.1, 0.15) is 11.9 Å². The third-order valence-electron chi connectivity index (χ3n) is 2.95.